The van der Waals surface area contributed by atoms with E-state index in [0.717, 1.165) is 33.3 Å². The fraction of sp³-hybridized carbons (Fsp3) is 0.190. The van der Waals surface area contributed by atoms with Crippen molar-refractivity contribution in [2.45, 2.75) is 26.9 Å². The molecule has 0 fully saturated rings. The Morgan fingerprint density at radius 1 is 0.917 bits per heavy atom. The van der Waals surface area contributed by atoms with Crippen molar-refractivity contribution in [2.75, 3.05) is 5.32 Å². The maximum atomic E-state index is 12.5. The summed E-state index contributed by atoms with van der Waals surface area (Å²) < 4.78 is 5.93. The van der Waals surface area contributed by atoms with Gasteiger partial charge in [-0.25, -0.2) is 0 Å². The van der Waals surface area contributed by atoms with Crippen molar-refractivity contribution in [3.05, 3.63) is 71.8 Å². The Hall–Kier alpha value is -2.81. The van der Waals surface area contributed by atoms with Gasteiger partial charge >= 0.3 is 0 Å². The molecule has 122 valence electrons. The van der Waals surface area contributed by atoms with Crippen LogP contribution in [0.1, 0.15) is 18.1 Å². The maximum absolute atomic E-state index is 12.5. The largest absolute Gasteiger partial charge is 0.480 e. The number of amides is 1. The van der Waals surface area contributed by atoms with Crippen LogP contribution < -0.4 is 10.1 Å². The maximum Gasteiger partial charge on any atom is 0.265 e. The van der Waals surface area contributed by atoms with E-state index < -0.39 is 6.10 Å². The van der Waals surface area contributed by atoms with E-state index in [2.05, 4.69) is 5.32 Å². The van der Waals surface area contributed by atoms with Gasteiger partial charge in [0.05, 0.1) is 0 Å². The van der Waals surface area contributed by atoms with Crippen LogP contribution in [0.25, 0.3) is 10.8 Å². The number of hydrogen-bond donors (Lipinski definition) is 1. The number of para-hydroxylation sites is 1. The zero-order valence-corrected chi connectivity index (χ0v) is 14.2. The van der Waals surface area contributed by atoms with Crippen molar-refractivity contribution in [2.24, 2.45) is 0 Å². The molecule has 0 saturated heterocycles. The quantitative estimate of drug-likeness (QED) is 0.745. The molecule has 0 aliphatic rings. The molecule has 1 N–H and O–H groups in total. The average molecular weight is 319 g/mol. The average Bonchev–Trinajstić information content (AvgIpc) is 2.58. The Labute approximate surface area is 142 Å². The minimum atomic E-state index is -0.588. The summed E-state index contributed by atoms with van der Waals surface area (Å²) in [4.78, 5) is 12.5. The normalized spacial score (nSPS) is 12.0. The summed E-state index contributed by atoms with van der Waals surface area (Å²) in [6.07, 6.45) is -0.588. The molecule has 3 aromatic rings. The lowest BCUT2D eigenvalue weighted by Crippen LogP contribution is -2.30. The Kier molecular flexibility index (Phi) is 4.52. The highest BCUT2D eigenvalue weighted by atomic mass is 16.5. The summed E-state index contributed by atoms with van der Waals surface area (Å²) in [7, 11) is 0. The van der Waals surface area contributed by atoms with Gasteiger partial charge in [-0.2, -0.15) is 0 Å². The van der Waals surface area contributed by atoms with E-state index in [0.29, 0.717) is 0 Å². The van der Waals surface area contributed by atoms with Crippen LogP contribution in [-0.4, -0.2) is 12.0 Å². The SMILES string of the molecule is Cc1cccc(C)c1NC(=O)[C@H](C)Oc1cccc2ccccc12. The molecular formula is C21H21NO2. The number of nitrogens with one attached hydrogen (secondary N) is 1. The molecule has 0 bridgehead atoms. The van der Waals surface area contributed by atoms with Gasteiger partial charge in [-0.15, -0.1) is 0 Å². The molecule has 3 nitrogen and oxygen atoms in total. The predicted molar refractivity (Wildman–Crippen MR) is 98.6 cm³/mol. The second-order valence-corrected chi connectivity index (χ2v) is 5.99. The Bertz CT molecular complexity index is 860. The van der Waals surface area contributed by atoms with Gasteiger partial charge < -0.3 is 10.1 Å². The highest BCUT2D eigenvalue weighted by Crippen LogP contribution is 2.26. The van der Waals surface area contributed by atoms with E-state index in [-0.39, 0.29) is 5.91 Å². The fourth-order valence-electron chi connectivity index (χ4n) is 2.78. The van der Waals surface area contributed by atoms with E-state index in [9.17, 15) is 4.79 Å². The van der Waals surface area contributed by atoms with Crippen LogP contribution in [0.3, 0.4) is 0 Å². The number of carbonyl (C=O) groups is 1. The van der Waals surface area contributed by atoms with Crippen LogP contribution in [0.5, 0.6) is 5.75 Å². The molecule has 0 aliphatic heterocycles. The van der Waals surface area contributed by atoms with Crippen molar-refractivity contribution >= 4 is 22.4 Å². The predicted octanol–water partition coefficient (Wildman–Crippen LogP) is 4.86. The number of aryl methyl sites for hydroxylation is 2. The van der Waals surface area contributed by atoms with Gasteiger partial charge in [-0.1, -0.05) is 54.6 Å². The smallest absolute Gasteiger partial charge is 0.265 e. The van der Waals surface area contributed by atoms with Gasteiger partial charge in [-0.05, 0) is 43.4 Å². The summed E-state index contributed by atoms with van der Waals surface area (Å²) in [6, 6.07) is 19.8. The molecule has 24 heavy (non-hydrogen) atoms. The molecule has 0 radical (unpaired) electrons. The fourth-order valence-corrected chi connectivity index (χ4v) is 2.78. The lowest BCUT2D eigenvalue weighted by atomic mass is 10.1. The zero-order chi connectivity index (χ0) is 17.1. The summed E-state index contributed by atoms with van der Waals surface area (Å²) in [5, 5.41) is 5.08. The molecule has 0 spiro atoms. The third-order valence-corrected chi connectivity index (χ3v) is 4.15. The lowest BCUT2D eigenvalue weighted by molar-refractivity contribution is -0.122. The first-order chi connectivity index (χ1) is 11.6. The molecule has 0 unspecified atom stereocenters. The van der Waals surface area contributed by atoms with Crippen molar-refractivity contribution < 1.29 is 9.53 Å². The minimum absolute atomic E-state index is 0.152. The number of benzene rings is 3. The molecule has 1 amide bonds. The van der Waals surface area contributed by atoms with Gasteiger partial charge in [0, 0.05) is 11.1 Å². The third kappa shape index (κ3) is 3.25. The minimum Gasteiger partial charge on any atom is -0.480 e. The van der Waals surface area contributed by atoms with Crippen molar-refractivity contribution in [3.8, 4) is 5.75 Å². The van der Waals surface area contributed by atoms with Crippen LogP contribution in [0, 0.1) is 13.8 Å². The van der Waals surface area contributed by atoms with Crippen molar-refractivity contribution in [1.82, 2.24) is 0 Å². The first-order valence-electron chi connectivity index (χ1n) is 8.08. The molecule has 0 saturated carbocycles. The first kappa shape index (κ1) is 16.1. The van der Waals surface area contributed by atoms with Crippen molar-refractivity contribution in [3.63, 3.8) is 0 Å². The topological polar surface area (TPSA) is 38.3 Å². The second-order valence-electron chi connectivity index (χ2n) is 5.99. The van der Waals surface area contributed by atoms with Gasteiger partial charge in [0.1, 0.15) is 5.75 Å². The lowest BCUT2D eigenvalue weighted by Gasteiger charge is -2.18. The zero-order valence-electron chi connectivity index (χ0n) is 14.2. The Balaban J connectivity index is 1.79. The third-order valence-electron chi connectivity index (χ3n) is 4.15. The molecule has 0 heterocycles. The number of fused-ring (bicyclic) bond motifs is 1. The van der Waals surface area contributed by atoms with Gasteiger partial charge in [0.15, 0.2) is 6.10 Å². The molecular weight excluding hydrogens is 298 g/mol. The summed E-state index contributed by atoms with van der Waals surface area (Å²) in [5.74, 6) is 0.567. The van der Waals surface area contributed by atoms with Crippen LogP contribution >= 0.6 is 0 Å². The highest BCUT2D eigenvalue weighted by molar-refractivity contribution is 5.96. The van der Waals surface area contributed by atoms with Crippen LogP contribution in [0.2, 0.25) is 0 Å². The molecule has 0 aliphatic carbocycles. The standard InChI is InChI=1S/C21H21NO2/c1-14-8-6-9-15(2)20(14)22-21(23)16(3)24-19-13-7-11-17-10-4-5-12-18(17)19/h4-13,16H,1-3H3,(H,22,23)/t16-/m0/s1. The van der Waals surface area contributed by atoms with Gasteiger partial charge in [0.2, 0.25) is 0 Å². The Morgan fingerprint density at radius 2 is 1.54 bits per heavy atom. The van der Waals surface area contributed by atoms with Gasteiger partial charge in [0.25, 0.3) is 5.91 Å². The van der Waals surface area contributed by atoms with E-state index in [1.807, 2.05) is 74.5 Å². The molecule has 3 aromatic carbocycles. The molecule has 3 rings (SSSR count). The first-order valence-corrected chi connectivity index (χ1v) is 8.08. The second kappa shape index (κ2) is 6.75. The summed E-state index contributed by atoms with van der Waals surface area (Å²) in [5.41, 5.74) is 2.94. The number of anilines is 1. The number of rotatable bonds is 4. The van der Waals surface area contributed by atoms with Crippen LogP contribution in [0.4, 0.5) is 5.69 Å². The molecule has 1 atom stereocenters. The van der Waals surface area contributed by atoms with Gasteiger partial charge in [-0.3, -0.25) is 4.79 Å². The number of ether oxygens (including phenoxy) is 1. The van der Waals surface area contributed by atoms with E-state index in [4.69, 9.17) is 4.74 Å². The number of hydrogen-bond acceptors (Lipinski definition) is 2. The van der Waals surface area contributed by atoms with Crippen LogP contribution in [0.15, 0.2) is 60.7 Å². The number of carbonyl (C=O) groups excluding carboxylic acids is 1. The monoisotopic (exact) mass is 319 g/mol. The molecule has 3 heteroatoms. The van der Waals surface area contributed by atoms with E-state index in [1.54, 1.807) is 6.92 Å². The van der Waals surface area contributed by atoms with E-state index in [1.165, 1.54) is 0 Å². The summed E-state index contributed by atoms with van der Waals surface area (Å²) in [6.45, 7) is 5.74. The highest BCUT2D eigenvalue weighted by Gasteiger charge is 2.17. The van der Waals surface area contributed by atoms with E-state index >= 15 is 0 Å². The summed E-state index contributed by atoms with van der Waals surface area (Å²) >= 11 is 0. The Morgan fingerprint density at radius 3 is 2.29 bits per heavy atom. The van der Waals surface area contributed by atoms with Crippen molar-refractivity contribution in [1.29, 1.82) is 0 Å². The van der Waals surface area contributed by atoms with Crippen LogP contribution in [-0.2, 0) is 4.79 Å². The molecule has 0 aromatic heterocycles.